The molecule has 3 aromatic rings. The largest absolute Gasteiger partial charge is 0.379 e. The molecule has 2 amide bonds. The quantitative estimate of drug-likeness (QED) is 0.588. The molecule has 0 saturated carbocycles. The number of hydrogen-bond donors (Lipinski definition) is 1. The molecule has 36 heavy (non-hydrogen) atoms. The van der Waals surface area contributed by atoms with E-state index in [0.717, 1.165) is 16.7 Å². The minimum Gasteiger partial charge on any atom is -0.379 e. The Labute approximate surface area is 210 Å². The molecule has 186 valence electrons. The maximum absolute atomic E-state index is 13.8. The molecule has 2 heterocycles. The van der Waals surface area contributed by atoms with E-state index >= 15 is 0 Å². The average molecular weight is 506 g/mol. The van der Waals surface area contributed by atoms with Gasteiger partial charge in [-0.1, -0.05) is 48.0 Å². The number of nitrogens with one attached hydrogen (secondary N) is 1. The minimum absolute atomic E-state index is 0.120. The van der Waals surface area contributed by atoms with Crippen LogP contribution in [-0.2, 0) is 19.6 Å². The van der Waals surface area contributed by atoms with Gasteiger partial charge >= 0.3 is 0 Å². The number of ether oxygens (including phenoxy) is 1. The molecule has 2 aliphatic rings. The molecule has 1 fully saturated rings. The van der Waals surface area contributed by atoms with Crippen LogP contribution in [0.3, 0.4) is 0 Å². The van der Waals surface area contributed by atoms with E-state index in [1.54, 1.807) is 4.90 Å². The number of carbonyl (C=O) groups excluding carboxylic acids is 2. The van der Waals surface area contributed by atoms with Crippen molar-refractivity contribution in [3.8, 4) is 0 Å². The number of sulfonamides is 1. The fourth-order valence-electron chi connectivity index (χ4n) is 4.68. The van der Waals surface area contributed by atoms with E-state index in [1.807, 2.05) is 55.5 Å². The molecule has 9 heteroatoms. The molecule has 0 aliphatic carbocycles. The number of benzene rings is 3. The number of rotatable bonds is 4. The standard InChI is InChI=1S/C27H27N3O5S/c1-19-7-12-24-23(17-19)26(20-5-3-2-4-6-20)30(18-25(31)28-24)27(32)21-8-10-22(11-9-21)36(33,34)29-13-15-35-16-14-29/h2-12,17,26H,13-16,18H2,1H3,(H,28,31)/t26-/m1/s1. The van der Waals surface area contributed by atoms with Crippen molar-refractivity contribution in [3.05, 3.63) is 95.1 Å². The number of hydrogen-bond acceptors (Lipinski definition) is 5. The lowest BCUT2D eigenvalue weighted by Crippen LogP contribution is -2.40. The first kappa shape index (κ1) is 24.2. The highest BCUT2D eigenvalue weighted by atomic mass is 32.2. The highest BCUT2D eigenvalue weighted by Crippen LogP contribution is 2.37. The van der Waals surface area contributed by atoms with Crippen LogP contribution in [0.2, 0.25) is 0 Å². The first-order chi connectivity index (χ1) is 17.3. The third kappa shape index (κ3) is 4.65. The van der Waals surface area contributed by atoms with Gasteiger partial charge in [0.2, 0.25) is 15.9 Å². The van der Waals surface area contributed by atoms with E-state index in [4.69, 9.17) is 4.74 Å². The monoisotopic (exact) mass is 505 g/mol. The van der Waals surface area contributed by atoms with Gasteiger partial charge in [0.1, 0.15) is 6.54 Å². The van der Waals surface area contributed by atoms with Crippen LogP contribution in [0.1, 0.15) is 33.1 Å². The number of nitrogens with zero attached hydrogens (tertiary/aromatic N) is 2. The van der Waals surface area contributed by atoms with Gasteiger partial charge in [0, 0.05) is 29.9 Å². The lowest BCUT2D eigenvalue weighted by atomic mass is 9.94. The van der Waals surface area contributed by atoms with Gasteiger partial charge in [-0.05, 0) is 42.8 Å². The molecule has 0 unspecified atom stereocenters. The Hall–Kier alpha value is -3.53. The fraction of sp³-hybridized carbons (Fsp3) is 0.259. The van der Waals surface area contributed by atoms with Gasteiger partial charge in [-0.3, -0.25) is 9.59 Å². The lowest BCUT2D eigenvalue weighted by molar-refractivity contribution is -0.117. The van der Waals surface area contributed by atoms with Gasteiger partial charge in [-0.2, -0.15) is 4.31 Å². The first-order valence-corrected chi connectivity index (χ1v) is 13.2. The molecule has 1 N–H and O–H groups in total. The summed E-state index contributed by atoms with van der Waals surface area (Å²) in [7, 11) is -3.68. The van der Waals surface area contributed by atoms with E-state index in [0.29, 0.717) is 37.6 Å². The highest BCUT2D eigenvalue weighted by Gasteiger charge is 2.34. The Morgan fingerprint density at radius 3 is 2.36 bits per heavy atom. The molecule has 0 spiro atoms. The van der Waals surface area contributed by atoms with Crippen molar-refractivity contribution in [1.29, 1.82) is 0 Å². The van der Waals surface area contributed by atoms with Crippen LogP contribution < -0.4 is 5.32 Å². The second-order valence-corrected chi connectivity index (χ2v) is 10.9. The number of fused-ring (bicyclic) bond motifs is 1. The van der Waals surface area contributed by atoms with Crippen LogP contribution >= 0.6 is 0 Å². The predicted octanol–water partition coefficient (Wildman–Crippen LogP) is 3.20. The van der Waals surface area contributed by atoms with Crippen molar-refractivity contribution < 1.29 is 22.7 Å². The third-order valence-corrected chi connectivity index (χ3v) is 8.40. The topological polar surface area (TPSA) is 96.0 Å². The molecule has 0 radical (unpaired) electrons. The molecule has 1 atom stereocenters. The third-order valence-electron chi connectivity index (χ3n) is 6.49. The van der Waals surface area contributed by atoms with Crippen molar-refractivity contribution >= 4 is 27.5 Å². The van der Waals surface area contributed by atoms with E-state index in [1.165, 1.54) is 28.6 Å². The van der Waals surface area contributed by atoms with Crippen LogP contribution in [0.5, 0.6) is 0 Å². The molecule has 1 saturated heterocycles. The Kier molecular flexibility index (Phi) is 6.61. The average Bonchev–Trinajstić information content (AvgIpc) is 3.05. The number of anilines is 1. The van der Waals surface area contributed by atoms with Crippen molar-refractivity contribution in [3.63, 3.8) is 0 Å². The summed E-state index contributed by atoms with van der Waals surface area (Å²) in [6.07, 6.45) is 0. The number of aryl methyl sites for hydroxylation is 1. The minimum atomic E-state index is -3.68. The van der Waals surface area contributed by atoms with Crippen molar-refractivity contribution in [2.45, 2.75) is 17.9 Å². The molecular formula is C27H27N3O5S. The Balaban J connectivity index is 1.52. The fourth-order valence-corrected chi connectivity index (χ4v) is 6.09. The van der Waals surface area contributed by atoms with E-state index in [-0.39, 0.29) is 23.3 Å². The summed E-state index contributed by atoms with van der Waals surface area (Å²) in [4.78, 5) is 28.3. The number of carbonyl (C=O) groups is 2. The van der Waals surface area contributed by atoms with Gasteiger partial charge in [0.15, 0.2) is 0 Å². The predicted molar refractivity (Wildman–Crippen MR) is 135 cm³/mol. The van der Waals surface area contributed by atoms with Gasteiger partial charge in [-0.15, -0.1) is 0 Å². The van der Waals surface area contributed by atoms with E-state index in [2.05, 4.69) is 5.32 Å². The summed E-state index contributed by atoms with van der Waals surface area (Å²) < 4.78 is 32.6. The summed E-state index contributed by atoms with van der Waals surface area (Å²) in [5, 5.41) is 2.92. The Morgan fingerprint density at radius 2 is 1.67 bits per heavy atom. The smallest absolute Gasteiger partial charge is 0.255 e. The van der Waals surface area contributed by atoms with Gasteiger partial charge < -0.3 is 15.0 Å². The van der Waals surface area contributed by atoms with E-state index < -0.39 is 16.1 Å². The summed E-state index contributed by atoms with van der Waals surface area (Å²) in [6.45, 7) is 3.13. The van der Waals surface area contributed by atoms with Crippen LogP contribution in [0, 0.1) is 6.92 Å². The van der Waals surface area contributed by atoms with Crippen molar-refractivity contribution in [2.75, 3.05) is 38.2 Å². The zero-order valence-electron chi connectivity index (χ0n) is 19.9. The van der Waals surface area contributed by atoms with Crippen LogP contribution in [0.15, 0.2) is 77.7 Å². The summed E-state index contributed by atoms with van der Waals surface area (Å²) in [5.74, 6) is -0.651. The maximum Gasteiger partial charge on any atom is 0.255 e. The summed E-state index contributed by atoms with van der Waals surface area (Å²) in [6, 6.07) is 20.8. The molecule has 3 aromatic carbocycles. The lowest BCUT2D eigenvalue weighted by Gasteiger charge is -2.31. The molecule has 0 bridgehead atoms. The van der Waals surface area contributed by atoms with Gasteiger partial charge in [-0.25, -0.2) is 8.42 Å². The van der Waals surface area contributed by atoms with Crippen LogP contribution in [0.25, 0.3) is 0 Å². The zero-order valence-corrected chi connectivity index (χ0v) is 20.7. The number of amides is 2. The second-order valence-electron chi connectivity index (χ2n) is 8.93. The van der Waals surface area contributed by atoms with Crippen molar-refractivity contribution in [1.82, 2.24) is 9.21 Å². The van der Waals surface area contributed by atoms with Gasteiger partial charge in [0.05, 0.1) is 24.2 Å². The molecule has 2 aliphatic heterocycles. The van der Waals surface area contributed by atoms with Crippen LogP contribution in [0.4, 0.5) is 5.69 Å². The summed E-state index contributed by atoms with van der Waals surface area (Å²) >= 11 is 0. The second kappa shape index (κ2) is 9.85. The molecule has 0 aromatic heterocycles. The Bertz CT molecular complexity index is 1380. The highest BCUT2D eigenvalue weighted by molar-refractivity contribution is 7.89. The molecular weight excluding hydrogens is 478 g/mol. The summed E-state index contributed by atoms with van der Waals surface area (Å²) in [5.41, 5.74) is 3.69. The number of morpholine rings is 1. The van der Waals surface area contributed by atoms with Gasteiger partial charge in [0.25, 0.3) is 5.91 Å². The SMILES string of the molecule is Cc1ccc2c(c1)[C@@H](c1ccccc1)N(C(=O)c1ccc(S(=O)(=O)N3CCOCC3)cc1)CC(=O)N2. The van der Waals surface area contributed by atoms with E-state index in [9.17, 15) is 18.0 Å². The van der Waals surface area contributed by atoms with Crippen LogP contribution in [-0.4, -0.2) is 62.3 Å². The Morgan fingerprint density at radius 1 is 0.972 bits per heavy atom. The first-order valence-electron chi connectivity index (χ1n) is 11.8. The maximum atomic E-state index is 13.8. The molecule has 8 nitrogen and oxygen atoms in total. The van der Waals surface area contributed by atoms with Crippen molar-refractivity contribution in [2.24, 2.45) is 0 Å². The normalized spacial score (nSPS) is 18.8. The molecule has 5 rings (SSSR count). The zero-order chi connectivity index (χ0) is 25.3.